The van der Waals surface area contributed by atoms with E-state index in [1.54, 1.807) is 60.7 Å². The molecule has 0 radical (unpaired) electrons. The topological polar surface area (TPSA) is 43.4 Å². The van der Waals surface area contributed by atoms with Crippen LogP contribution >= 0.6 is 0 Å². The van der Waals surface area contributed by atoms with Gasteiger partial charge in [-0.1, -0.05) is 43.8 Å². The van der Waals surface area contributed by atoms with Gasteiger partial charge in [0.25, 0.3) is 0 Å². The number of carbonyl (C=O) groups is 2. The molecule has 0 aliphatic heterocycles. The van der Waals surface area contributed by atoms with Gasteiger partial charge in [-0.25, -0.2) is 9.59 Å². The lowest BCUT2D eigenvalue weighted by Crippen LogP contribution is -2.12. The van der Waals surface area contributed by atoms with Gasteiger partial charge in [0.2, 0.25) is 0 Å². The fourth-order valence-corrected chi connectivity index (χ4v) is 1.35. The van der Waals surface area contributed by atoms with E-state index in [9.17, 15) is 9.59 Å². The van der Waals surface area contributed by atoms with Crippen LogP contribution in [0.1, 0.15) is 28.1 Å². The molecule has 0 saturated heterocycles. The van der Waals surface area contributed by atoms with E-state index in [0.717, 1.165) is 0 Å². The summed E-state index contributed by atoms with van der Waals surface area (Å²) in [5, 5.41) is 0. The maximum Gasteiger partial charge on any atom is 0.346 e. The summed E-state index contributed by atoms with van der Waals surface area (Å²) in [6, 6.07) is 16.8. The van der Waals surface area contributed by atoms with Crippen molar-refractivity contribution in [2.75, 3.05) is 0 Å². The number of esters is 2. The maximum absolute atomic E-state index is 11.6. The molecule has 0 bridgehead atoms. The largest absolute Gasteiger partial charge is 0.386 e. The molecule has 2 aromatic carbocycles. The second kappa shape index (κ2) is 6.35. The molecular formula is C15H14O3. The molecule has 0 aliphatic rings. The molecule has 0 aliphatic carbocycles. The van der Waals surface area contributed by atoms with Crippen molar-refractivity contribution in [3.8, 4) is 0 Å². The zero-order chi connectivity index (χ0) is 12.1. The second-order valence-electron chi connectivity index (χ2n) is 3.41. The highest BCUT2D eigenvalue weighted by Gasteiger charge is 2.13. The van der Waals surface area contributed by atoms with Crippen LogP contribution in [0.2, 0.25) is 0 Å². The van der Waals surface area contributed by atoms with E-state index in [-0.39, 0.29) is 7.43 Å². The van der Waals surface area contributed by atoms with Crippen molar-refractivity contribution in [2.45, 2.75) is 7.43 Å². The summed E-state index contributed by atoms with van der Waals surface area (Å²) < 4.78 is 4.74. The highest BCUT2D eigenvalue weighted by Crippen LogP contribution is 2.05. The highest BCUT2D eigenvalue weighted by molar-refractivity contribution is 6.02. The molecular weight excluding hydrogens is 228 g/mol. The first-order chi connectivity index (χ1) is 8.27. The predicted molar refractivity (Wildman–Crippen MR) is 69.4 cm³/mol. The number of ether oxygens (including phenoxy) is 1. The Morgan fingerprint density at radius 2 is 1.00 bits per heavy atom. The fourth-order valence-electron chi connectivity index (χ4n) is 1.35. The van der Waals surface area contributed by atoms with Gasteiger partial charge >= 0.3 is 11.9 Å². The van der Waals surface area contributed by atoms with Crippen molar-refractivity contribution in [1.82, 2.24) is 0 Å². The lowest BCUT2D eigenvalue weighted by atomic mass is 10.2. The van der Waals surface area contributed by atoms with E-state index in [1.165, 1.54) is 0 Å². The van der Waals surface area contributed by atoms with Gasteiger partial charge in [-0.05, 0) is 24.3 Å². The Kier molecular flexibility index (Phi) is 4.81. The van der Waals surface area contributed by atoms with E-state index < -0.39 is 11.9 Å². The highest BCUT2D eigenvalue weighted by atomic mass is 16.6. The van der Waals surface area contributed by atoms with Crippen LogP contribution in [0, 0.1) is 0 Å². The Balaban J connectivity index is 0.00000162. The van der Waals surface area contributed by atoms with Crippen LogP contribution in [0.5, 0.6) is 0 Å². The third-order valence-electron chi connectivity index (χ3n) is 2.20. The van der Waals surface area contributed by atoms with Crippen molar-refractivity contribution < 1.29 is 14.3 Å². The molecule has 0 aromatic heterocycles. The predicted octanol–water partition coefficient (Wildman–Crippen LogP) is 3.32. The quantitative estimate of drug-likeness (QED) is 0.599. The molecule has 3 nitrogen and oxygen atoms in total. The van der Waals surface area contributed by atoms with E-state index >= 15 is 0 Å². The van der Waals surface area contributed by atoms with Gasteiger partial charge in [-0.15, -0.1) is 0 Å². The van der Waals surface area contributed by atoms with E-state index in [1.807, 2.05) is 0 Å². The first-order valence-corrected chi connectivity index (χ1v) is 5.14. The number of hydrogen-bond donors (Lipinski definition) is 0. The zero-order valence-electron chi connectivity index (χ0n) is 9.00. The molecule has 0 heterocycles. The van der Waals surface area contributed by atoms with Crippen LogP contribution in [0.4, 0.5) is 0 Å². The molecule has 92 valence electrons. The van der Waals surface area contributed by atoms with Crippen molar-refractivity contribution in [1.29, 1.82) is 0 Å². The summed E-state index contributed by atoms with van der Waals surface area (Å²) in [5.41, 5.74) is 0.716. The minimum absolute atomic E-state index is 0. The summed E-state index contributed by atoms with van der Waals surface area (Å²) in [5.74, 6) is -1.28. The monoisotopic (exact) mass is 242 g/mol. The number of carbonyl (C=O) groups excluding carboxylic acids is 2. The van der Waals surface area contributed by atoms with Crippen molar-refractivity contribution >= 4 is 11.9 Å². The van der Waals surface area contributed by atoms with Crippen LogP contribution in [0.25, 0.3) is 0 Å². The minimum Gasteiger partial charge on any atom is -0.386 e. The Morgan fingerprint density at radius 3 is 1.33 bits per heavy atom. The van der Waals surface area contributed by atoms with Gasteiger partial charge in [0.15, 0.2) is 0 Å². The van der Waals surface area contributed by atoms with Crippen LogP contribution in [0.3, 0.4) is 0 Å². The normalized spacial score (nSPS) is 9.11. The van der Waals surface area contributed by atoms with E-state index in [4.69, 9.17) is 4.74 Å². The number of hydrogen-bond acceptors (Lipinski definition) is 3. The molecule has 0 unspecified atom stereocenters. The molecule has 0 spiro atoms. The third kappa shape index (κ3) is 3.28. The SMILES string of the molecule is C.O=C(OC(=O)c1ccccc1)c1ccccc1. The van der Waals surface area contributed by atoms with E-state index in [0.29, 0.717) is 11.1 Å². The van der Waals surface area contributed by atoms with Gasteiger partial charge in [0.1, 0.15) is 0 Å². The first-order valence-electron chi connectivity index (χ1n) is 5.14. The first kappa shape index (κ1) is 13.6. The fraction of sp³-hybridized carbons (Fsp3) is 0.0667. The molecule has 0 atom stereocenters. The van der Waals surface area contributed by atoms with Crippen LogP contribution in [-0.2, 0) is 4.74 Å². The number of benzene rings is 2. The molecule has 0 N–H and O–H groups in total. The Bertz CT molecular complexity index is 468. The summed E-state index contributed by atoms with van der Waals surface area (Å²) in [7, 11) is 0. The van der Waals surface area contributed by atoms with Gasteiger partial charge in [0.05, 0.1) is 11.1 Å². The van der Waals surface area contributed by atoms with Gasteiger partial charge in [0, 0.05) is 0 Å². The molecule has 3 heteroatoms. The average molecular weight is 242 g/mol. The lowest BCUT2D eigenvalue weighted by molar-refractivity contribution is 0.0398. The molecule has 0 amide bonds. The van der Waals surface area contributed by atoms with Gasteiger partial charge in [-0.2, -0.15) is 0 Å². The van der Waals surface area contributed by atoms with Crippen LogP contribution < -0.4 is 0 Å². The van der Waals surface area contributed by atoms with Crippen LogP contribution in [0.15, 0.2) is 60.7 Å². The second-order valence-corrected chi connectivity index (χ2v) is 3.41. The average Bonchev–Trinajstić information content (AvgIpc) is 2.40. The Hall–Kier alpha value is -2.42. The summed E-state index contributed by atoms with van der Waals surface area (Å²) >= 11 is 0. The van der Waals surface area contributed by atoms with Crippen molar-refractivity contribution in [2.24, 2.45) is 0 Å². The maximum atomic E-state index is 11.6. The van der Waals surface area contributed by atoms with Crippen molar-refractivity contribution in [3.05, 3.63) is 71.8 Å². The number of rotatable bonds is 2. The van der Waals surface area contributed by atoms with Crippen molar-refractivity contribution in [3.63, 3.8) is 0 Å². The summed E-state index contributed by atoms with van der Waals surface area (Å²) in [4.78, 5) is 23.2. The van der Waals surface area contributed by atoms with Crippen LogP contribution in [-0.4, -0.2) is 11.9 Å². The smallest absolute Gasteiger partial charge is 0.346 e. The Morgan fingerprint density at radius 1 is 0.667 bits per heavy atom. The summed E-state index contributed by atoms with van der Waals surface area (Å²) in [6.45, 7) is 0. The third-order valence-corrected chi connectivity index (χ3v) is 2.20. The summed E-state index contributed by atoms with van der Waals surface area (Å²) in [6.07, 6.45) is 0. The molecule has 2 aromatic rings. The molecule has 18 heavy (non-hydrogen) atoms. The minimum atomic E-state index is -0.639. The molecule has 0 fully saturated rings. The lowest BCUT2D eigenvalue weighted by Gasteiger charge is -2.02. The van der Waals surface area contributed by atoms with Gasteiger partial charge < -0.3 is 4.74 Å². The Labute approximate surface area is 106 Å². The standard InChI is InChI=1S/C14H10O3.CH4/c15-13(11-7-3-1-4-8-11)17-14(16)12-9-5-2-6-10-12;/h1-10H;1H4. The molecule has 0 saturated carbocycles. The zero-order valence-corrected chi connectivity index (χ0v) is 9.00. The van der Waals surface area contributed by atoms with Gasteiger partial charge in [-0.3, -0.25) is 0 Å². The van der Waals surface area contributed by atoms with E-state index in [2.05, 4.69) is 0 Å². The molecule has 2 rings (SSSR count).